The number of nitrogens with zero attached hydrogens (tertiary/aromatic N) is 4. The predicted octanol–water partition coefficient (Wildman–Crippen LogP) is 5.48. The molecule has 0 saturated carbocycles. The number of para-hydroxylation sites is 1. The lowest BCUT2D eigenvalue weighted by atomic mass is 10.0. The second-order valence-corrected chi connectivity index (χ2v) is 12.4. The van der Waals surface area contributed by atoms with Gasteiger partial charge in [0.15, 0.2) is 0 Å². The van der Waals surface area contributed by atoms with E-state index in [9.17, 15) is 8.42 Å². The fourth-order valence-electron chi connectivity index (χ4n) is 5.05. The molecule has 1 aliphatic rings. The van der Waals surface area contributed by atoms with Crippen LogP contribution in [0.4, 0.5) is 5.82 Å². The quantitative estimate of drug-likeness (QED) is 0.301. The molecular formula is C31H37N5O2S. The van der Waals surface area contributed by atoms with E-state index < -0.39 is 10.0 Å². The number of rotatable bonds is 9. The summed E-state index contributed by atoms with van der Waals surface area (Å²) in [6, 6.07) is 25.7. The summed E-state index contributed by atoms with van der Waals surface area (Å²) >= 11 is 0. The van der Waals surface area contributed by atoms with Crippen LogP contribution in [-0.4, -0.2) is 60.3 Å². The first-order chi connectivity index (χ1) is 18.8. The SMILES string of the molecule is CC(C)c1ccc(S(=O)(=O)N2CCN(C(C)c3nc(NCCc4ccccc4)c4ccccc4n3)CC2)cc1. The molecular weight excluding hydrogens is 506 g/mol. The maximum atomic E-state index is 13.3. The Balaban J connectivity index is 1.27. The van der Waals surface area contributed by atoms with Gasteiger partial charge in [0.1, 0.15) is 11.6 Å². The molecule has 1 aliphatic heterocycles. The lowest BCUT2D eigenvalue weighted by Crippen LogP contribution is -2.49. The molecule has 1 unspecified atom stereocenters. The summed E-state index contributed by atoms with van der Waals surface area (Å²) in [6.45, 7) is 9.21. The van der Waals surface area contributed by atoms with Gasteiger partial charge in [-0.15, -0.1) is 0 Å². The molecule has 204 valence electrons. The highest BCUT2D eigenvalue weighted by atomic mass is 32.2. The second kappa shape index (κ2) is 11.8. The highest BCUT2D eigenvalue weighted by Crippen LogP contribution is 2.27. The molecule has 0 radical (unpaired) electrons. The minimum Gasteiger partial charge on any atom is -0.369 e. The summed E-state index contributed by atoms with van der Waals surface area (Å²) in [6.07, 6.45) is 0.903. The number of fused-ring (bicyclic) bond motifs is 1. The largest absolute Gasteiger partial charge is 0.369 e. The van der Waals surface area contributed by atoms with E-state index in [-0.39, 0.29) is 6.04 Å². The van der Waals surface area contributed by atoms with E-state index in [4.69, 9.17) is 9.97 Å². The molecule has 1 fully saturated rings. The van der Waals surface area contributed by atoms with Gasteiger partial charge in [0.05, 0.1) is 16.5 Å². The molecule has 8 heteroatoms. The Morgan fingerprint density at radius 2 is 1.49 bits per heavy atom. The zero-order chi connectivity index (χ0) is 27.4. The summed E-state index contributed by atoms with van der Waals surface area (Å²) in [5.41, 5.74) is 3.32. The second-order valence-electron chi connectivity index (χ2n) is 10.4. The van der Waals surface area contributed by atoms with E-state index in [1.165, 1.54) is 5.56 Å². The standard InChI is InChI=1S/C31H37N5O2S/c1-23(2)26-13-15-27(16-14-26)39(37,38)36-21-19-35(20-22-36)24(3)30-33-29-12-8-7-11-28(29)31(34-30)32-18-17-25-9-5-4-6-10-25/h4-16,23-24H,17-22H2,1-3H3,(H,32,33,34). The van der Waals surface area contributed by atoms with E-state index in [0.717, 1.165) is 41.1 Å². The smallest absolute Gasteiger partial charge is 0.243 e. The van der Waals surface area contributed by atoms with Crippen LogP contribution in [0, 0.1) is 0 Å². The molecule has 0 bridgehead atoms. The van der Waals surface area contributed by atoms with Crippen LogP contribution in [-0.2, 0) is 16.4 Å². The van der Waals surface area contributed by atoms with Crippen molar-refractivity contribution in [2.45, 2.75) is 44.0 Å². The van der Waals surface area contributed by atoms with Crippen LogP contribution >= 0.6 is 0 Å². The normalized spacial score (nSPS) is 16.0. The number of piperazine rings is 1. The fourth-order valence-corrected chi connectivity index (χ4v) is 6.48. The number of hydrogen-bond donors (Lipinski definition) is 1. The summed E-state index contributed by atoms with van der Waals surface area (Å²) in [5.74, 6) is 1.95. The molecule has 0 spiro atoms. The first-order valence-corrected chi connectivity index (χ1v) is 15.2. The molecule has 1 atom stereocenters. The molecule has 1 N–H and O–H groups in total. The Morgan fingerprint density at radius 1 is 0.821 bits per heavy atom. The molecule has 0 aliphatic carbocycles. The lowest BCUT2D eigenvalue weighted by molar-refractivity contribution is 0.141. The van der Waals surface area contributed by atoms with Gasteiger partial charge in [0.25, 0.3) is 0 Å². The third kappa shape index (κ3) is 6.13. The van der Waals surface area contributed by atoms with Crippen molar-refractivity contribution in [1.29, 1.82) is 0 Å². The van der Waals surface area contributed by atoms with Crippen LogP contribution in [0.25, 0.3) is 10.9 Å². The third-order valence-corrected chi connectivity index (χ3v) is 9.46. The zero-order valence-corrected chi connectivity index (χ0v) is 23.7. The van der Waals surface area contributed by atoms with Gasteiger partial charge in [-0.05, 0) is 54.7 Å². The average molecular weight is 544 g/mol. The number of anilines is 1. The third-order valence-electron chi connectivity index (χ3n) is 7.55. The maximum Gasteiger partial charge on any atom is 0.243 e. The predicted molar refractivity (Wildman–Crippen MR) is 157 cm³/mol. The number of nitrogens with one attached hydrogen (secondary N) is 1. The Kier molecular flexibility index (Phi) is 8.26. The molecule has 2 heterocycles. The van der Waals surface area contributed by atoms with Crippen molar-refractivity contribution in [2.75, 3.05) is 38.0 Å². The Labute approximate surface area is 232 Å². The highest BCUT2D eigenvalue weighted by molar-refractivity contribution is 7.89. The van der Waals surface area contributed by atoms with Crippen molar-refractivity contribution < 1.29 is 8.42 Å². The van der Waals surface area contributed by atoms with E-state index >= 15 is 0 Å². The summed E-state index contributed by atoms with van der Waals surface area (Å²) in [4.78, 5) is 12.5. The van der Waals surface area contributed by atoms with Crippen LogP contribution in [0.1, 0.15) is 49.7 Å². The molecule has 5 rings (SSSR count). The molecule has 1 aromatic heterocycles. The number of aromatic nitrogens is 2. The maximum absolute atomic E-state index is 13.3. The van der Waals surface area contributed by atoms with Crippen molar-refractivity contribution in [1.82, 2.24) is 19.2 Å². The number of sulfonamides is 1. The monoisotopic (exact) mass is 543 g/mol. The van der Waals surface area contributed by atoms with Gasteiger partial charge >= 0.3 is 0 Å². The molecule has 1 saturated heterocycles. The van der Waals surface area contributed by atoms with Gasteiger partial charge < -0.3 is 5.32 Å². The topological polar surface area (TPSA) is 78.4 Å². The Bertz CT molecular complexity index is 1500. The van der Waals surface area contributed by atoms with E-state index in [1.54, 1.807) is 16.4 Å². The van der Waals surface area contributed by atoms with E-state index in [1.807, 2.05) is 42.5 Å². The van der Waals surface area contributed by atoms with E-state index in [0.29, 0.717) is 37.0 Å². The van der Waals surface area contributed by atoms with Crippen molar-refractivity contribution in [3.63, 3.8) is 0 Å². The molecule has 39 heavy (non-hydrogen) atoms. The van der Waals surface area contributed by atoms with Gasteiger partial charge in [-0.2, -0.15) is 4.31 Å². The van der Waals surface area contributed by atoms with Crippen LogP contribution in [0.3, 0.4) is 0 Å². The summed E-state index contributed by atoms with van der Waals surface area (Å²) in [5, 5.41) is 4.53. The zero-order valence-electron chi connectivity index (χ0n) is 22.9. The van der Waals surface area contributed by atoms with Crippen LogP contribution < -0.4 is 5.32 Å². The van der Waals surface area contributed by atoms with Crippen molar-refractivity contribution >= 4 is 26.7 Å². The van der Waals surface area contributed by atoms with Crippen molar-refractivity contribution in [2.24, 2.45) is 0 Å². The van der Waals surface area contributed by atoms with Gasteiger partial charge in [-0.1, -0.05) is 68.4 Å². The fraction of sp³-hybridized carbons (Fsp3) is 0.355. The minimum absolute atomic E-state index is 0.0422. The Morgan fingerprint density at radius 3 is 2.18 bits per heavy atom. The summed E-state index contributed by atoms with van der Waals surface area (Å²) in [7, 11) is -3.52. The highest BCUT2D eigenvalue weighted by Gasteiger charge is 2.31. The van der Waals surface area contributed by atoms with Gasteiger partial charge in [-0.3, -0.25) is 4.90 Å². The van der Waals surface area contributed by atoms with E-state index in [2.05, 4.69) is 55.3 Å². The molecule has 4 aromatic rings. The summed E-state index contributed by atoms with van der Waals surface area (Å²) < 4.78 is 28.2. The van der Waals surface area contributed by atoms with Crippen LogP contribution in [0.5, 0.6) is 0 Å². The Hall–Kier alpha value is -3.33. The van der Waals surface area contributed by atoms with Gasteiger partial charge in [0.2, 0.25) is 10.0 Å². The first kappa shape index (κ1) is 27.2. The number of hydrogen-bond acceptors (Lipinski definition) is 6. The average Bonchev–Trinajstić information content (AvgIpc) is 2.97. The molecule has 3 aromatic carbocycles. The number of benzene rings is 3. The van der Waals surface area contributed by atoms with Crippen LogP contribution in [0.2, 0.25) is 0 Å². The molecule has 7 nitrogen and oxygen atoms in total. The minimum atomic E-state index is -3.52. The molecule has 0 amide bonds. The van der Waals surface area contributed by atoms with Gasteiger partial charge in [0, 0.05) is 38.1 Å². The van der Waals surface area contributed by atoms with Crippen molar-refractivity contribution in [3.05, 3.63) is 95.8 Å². The van der Waals surface area contributed by atoms with Crippen molar-refractivity contribution in [3.8, 4) is 0 Å². The lowest BCUT2D eigenvalue weighted by Gasteiger charge is -2.37. The first-order valence-electron chi connectivity index (χ1n) is 13.7. The van der Waals surface area contributed by atoms with Crippen LogP contribution in [0.15, 0.2) is 83.8 Å². The van der Waals surface area contributed by atoms with Gasteiger partial charge in [-0.25, -0.2) is 18.4 Å².